The van der Waals surface area contributed by atoms with Crippen molar-refractivity contribution in [2.45, 2.75) is 37.4 Å². The summed E-state index contributed by atoms with van der Waals surface area (Å²) in [5, 5.41) is 2.61. The molecule has 0 aromatic heterocycles. The predicted octanol–water partition coefficient (Wildman–Crippen LogP) is 2.33. The molecule has 27 heavy (non-hydrogen) atoms. The third-order valence-electron chi connectivity index (χ3n) is 3.97. The second-order valence-corrected chi connectivity index (χ2v) is 8.60. The Morgan fingerprint density at radius 2 is 1.70 bits per heavy atom. The molecule has 1 rings (SSSR count). The second-order valence-electron chi connectivity index (χ2n) is 6.60. The molecule has 0 heterocycles. The fourth-order valence-corrected chi connectivity index (χ4v) is 3.63. The smallest absolute Gasteiger partial charge is 0.352 e. The molecule has 0 aliphatic carbocycles. The average Bonchev–Trinajstić information content (AvgIpc) is 2.56. The van der Waals surface area contributed by atoms with Crippen LogP contribution in [-0.2, 0) is 10.0 Å². The monoisotopic (exact) mass is 409 g/mol. The Bertz CT molecular complexity index is 719. The number of carbonyl (C=O) groups is 1. The Hall–Kier alpha value is -1.65. The first-order valence-corrected chi connectivity index (χ1v) is 9.90. The average molecular weight is 409 g/mol. The number of halogens is 3. The number of carbonyl (C=O) groups excluding carboxylic acids is 1. The largest absolute Gasteiger partial charge is 0.401 e. The van der Waals surface area contributed by atoms with Crippen molar-refractivity contribution >= 4 is 15.9 Å². The summed E-state index contributed by atoms with van der Waals surface area (Å²) >= 11 is 0. The van der Waals surface area contributed by atoms with Crippen molar-refractivity contribution in [3.63, 3.8) is 0 Å². The van der Waals surface area contributed by atoms with Crippen LogP contribution in [0.4, 0.5) is 13.2 Å². The van der Waals surface area contributed by atoms with Gasteiger partial charge in [-0.25, -0.2) is 8.42 Å². The number of amides is 1. The maximum atomic E-state index is 12.4. The summed E-state index contributed by atoms with van der Waals surface area (Å²) in [4.78, 5) is 13.3. The molecule has 0 saturated carbocycles. The number of sulfonamides is 1. The van der Waals surface area contributed by atoms with Crippen LogP contribution in [0.15, 0.2) is 29.2 Å². The molecule has 0 aliphatic heterocycles. The molecule has 1 N–H and O–H groups in total. The molecule has 0 unspecified atom stereocenters. The first kappa shape index (κ1) is 23.4. The van der Waals surface area contributed by atoms with Gasteiger partial charge < -0.3 is 5.32 Å². The summed E-state index contributed by atoms with van der Waals surface area (Å²) in [6, 6.07) is 5.34. The van der Waals surface area contributed by atoms with E-state index in [1.165, 1.54) is 42.7 Å². The minimum atomic E-state index is -4.25. The predicted molar refractivity (Wildman–Crippen MR) is 97.0 cm³/mol. The molecule has 0 radical (unpaired) electrons. The standard InChI is InChI=1S/C17H26F3N3O3S/c1-13(2)23(4)27(25,26)15-8-6-14(7-9-15)16(24)21-10-5-11-22(3)12-17(18,19)20/h6-9,13H,5,10-12H2,1-4H3,(H,21,24). The van der Waals surface area contributed by atoms with Gasteiger partial charge in [0, 0.05) is 25.2 Å². The first-order valence-electron chi connectivity index (χ1n) is 8.46. The Balaban J connectivity index is 2.56. The molecule has 6 nitrogen and oxygen atoms in total. The molecular formula is C17H26F3N3O3S. The van der Waals surface area contributed by atoms with Crippen molar-refractivity contribution in [3.8, 4) is 0 Å². The van der Waals surface area contributed by atoms with E-state index in [1.807, 2.05) is 0 Å². The highest BCUT2D eigenvalue weighted by atomic mass is 32.2. The Morgan fingerprint density at radius 1 is 1.15 bits per heavy atom. The summed E-state index contributed by atoms with van der Waals surface area (Å²) in [6.07, 6.45) is -3.88. The lowest BCUT2D eigenvalue weighted by molar-refractivity contribution is -0.143. The van der Waals surface area contributed by atoms with Gasteiger partial charge in [0.25, 0.3) is 5.91 Å². The van der Waals surface area contributed by atoms with Gasteiger partial charge >= 0.3 is 6.18 Å². The molecule has 154 valence electrons. The highest BCUT2D eigenvalue weighted by molar-refractivity contribution is 7.89. The summed E-state index contributed by atoms with van der Waals surface area (Å²) in [7, 11) is -0.776. The van der Waals surface area contributed by atoms with Crippen molar-refractivity contribution in [2.75, 3.05) is 33.7 Å². The van der Waals surface area contributed by atoms with Crippen LogP contribution >= 0.6 is 0 Å². The Kier molecular flexibility index (Phi) is 8.24. The first-order chi connectivity index (χ1) is 12.3. The molecule has 1 amide bonds. The second kappa shape index (κ2) is 9.52. The topological polar surface area (TPSA) is 69.7 Å². The zero-order chi connectivity index (χ0) is 20.8. The number of benzene rings is 1. The number of hydrogen-bond acceptors (Lipinski definition) is 4. The third kappa shape index (κ3) is 7.47. The molecule has 0 spiro atoms. The fraction of sp³-hybridized carbons (Fsp3) is 0.588. The van der Waals surface area contributed by atoms with Crippen LogP contribution in [0.25, 0.3) is 0 Å². The van der Waals surface area contributed by atoms with Crippen LogP contribution in [0.2, 0.25) is 0 Å². The number of nitrogens with one attached hydrogen (secondary N) is 1. The molecule has 1 aromatic rings. The Labute approximate surface area is 158 Å². The molecule has 0 saturated heterocycles. The van der Waals surface area contributed by atoms with Crippen molar-refractivity contribution in [1.82, 2.24) is 14.5 Å². The van der Waals surface area contributed by atoms with E-state index in [0.29, 0.717) is 6.42 Å². The minimum Gasteiger partial charge on any atom is -0.352 e. The van der Waals surface area contributed by atoms with Gasteiger partial charge in [-0.3, -0.25) is 9.69 Å². The van der Waals surface area contributed by atoms with E-state index in [-0.39, 0.29) is 29.6 Å². The van der Waals surface area contributed by atoms with Crippen molar-refractivity contribution in [1.29, 1.82) is 0 Å². The van der Waals surface area contributed by atoms with E-state index in [0.717, 1.165) is 4.90 Å². The molecule has 0 fully saturated rings. The highest BCUT2D eigenvalue weighted by Crippen LogP contribution is 2.17. The summed E-state index contributed by atoms with van der Waals surface area (Å²) < 4.78 is 62.6. The van der Waals surface area contributed by atoms with E-state index >= 15 is 0 Å². The van der Waals surface area contributed by atoms with Gasteiger partial charge in [-0.1, -0.05) is 0 Å². The van der Waals surface area contributed by atoms with E-state index < -0.39 is 28.7 Å². The molecular weight excluding hydrogens is 383 g/mol. The summed E-state index contributed by atoms with van der Waals surface area (Å²) in [6.45, 7) is 2.92. The fourth-order valence-electron chi connectivity index (χ4n) is 2.26. The van der Waals surface area contributed by atoms with Gasteiger partial charge in [0.15, 0.2) is 0 Å². The van der Waals surface area contributed by atoms with Crippen molar-refractivity contribution in [3.05, 3.63) is 29.8 Å². The van der Waals surface area contributed by atoms with Crippen molar-refractivity contribution < 1.29 is 26.4 Å². The SMILES string of the molecule is CC(C)N(C)S(=O)(=O)c1ccc(C(=O)NCCCN(C)CC(F)(F)F)cc1. The van der Waals surface area contributed by atoms with Gasteiger partial charge in [0.05, 0.1) is 11.4 Å². The maximum absolute atomic E-state index is 12.4. The summed E-state index contributed by atoms with van der Waals surface area (Å²) in [5.41, 5.74) is 0.282. The lowest BCUT2D eigenvalue weighted by Gasteiger charge is -2.21. The van der Waals surface area contributed by atoms with Crippen LogP contribution in [0, 0.1) is 0 Å². The van der Waals surface area contributed by atoms with E-state index in [1.54, 1.807) is 13.8 Å². The van der Waals surface area contributed by atoms with Crippen LogP contribution in [0.1, 0.15) is 30.6 Å². The van der Waals surface area contributed by atoms with Gasteiger partial charge in [-0.05, 0) is 58.1 Å². The quantitative estimate of drug-likeness (QED) is 0.636. The van der Waals surface area contributed by atoms with Crippen LogP contribution in [-0.4, -0.2) is 69.5 Å². The minimum absolute atomic E-state index is 0.0871. The normalized spacial score (nSPS) is 12.8. The van der Waals surface area contributed by atoms with Crippen LogP contribution in [0.3, 0.4) is 0 Å². The van der Waals surface area contributed by atoms with E-state index in [2.05, 4.69) is 5.32 Å². The van der Waals surface area contributed by atoms with E-state index in [4.69, 9.17) is 0 Å². The highest BCUT2D eigenvalue weighted by Gasteiger charge is 2.28. The van der Waals surface area contributed by atoms with Gasteiger partial charge in [-0.2, -0.15) is 17.5 Å². The van der Waals surface area contributed by atoms with Gasteiger partial charge in [0.1, 0.15) is 0 Å². The number of alkyl halides is 3. The zero-order valence-corrected chi connectivity index (χ0v) is 16.7. The molecule has 0 bridgehead atoms. The van der Waals surface area contributed by atoms with Crippen LogP contribution in [0.5, 0.6) is 0 Å². The lowest BCUT2D eigenvalue weighted by atomic mass is 10.2. The maximum Gasteiger partial charge on any atom is 0.401 e. The third-order valence-corrected chi connectivity index (χ3v) is 6.02. The van der Waals surface area contributed by atoms with Crippen molar-refractivity contribution in [2.24, 2.45) is 0 Å². The Morgan fingerprint density at radius 3 is 2.19 bits per heavy atom. The van der Waals surface area contributed by atoms with Crippen LogP contribution < -0.4 is 5.32 Å². The molecule has 10 heteroatoms. The molecule has 0 atom stereocenters. The zero-order valence-electron chi connectivity index (χ0n) is 15.9. The lowest BCUT2D eigenvalue weighted by Crippen LogP contribution is -2.34. The summed E-state index contributed by atoms with van der Waals surface area (Å²) in [5.74, 6) is -0.408. The molecule has 1 aromatic carbocycles. The van der Waals surface area contributed by atoms with E-state index in [9.17, 15) is 26.4 Å². The van der Waals surface area contributed by atoms with Gasteiger partial charge in [0.2, 0.25) is 10.0 Å². The van der Waals surface area contributed by atoms with Gasteiger partial charge in [-0.15, -0.1) is 0 Å². The molecule has 0 aliphatic rings. The number of rotatable bonds is 9. The number of hydrogen-bond donors (Lipinski definition) is 1. The number of nitrogens with zero attached hydrogens (tertiary/aromatic N) is 2.